The van der Waals surface area contributed by atoms with Crippen LogP contribution in [0.2, 0.25) is 18.1 Å². The van der Waals surface area contributed by atoms with Crippen molar-refractivity contribution < 1.29 is 47.2 Å². The van der Waals surface area contributed by atoms with Crippen molar-refractivity contribution >= 4 is 65.9 Å². The number of rotatable bonds is 16. The summed E-state index contributed by atoms with van der Waals surface area (Å²) in [4.78, 5) is 59.4. The largest absolute Gasteiger partial charge is 0.463 e. The maximum absolute atomic E-state index is 13.0. The number of anilines is 1. The number of aromatic nitrogens is 4. The summed E-state index contributed by atoms with van der Waals surface area (Å²) in [5, 5.41) is 2.46. The molecule has 4 atom stereocenters. The minimum Gasteiger partial charge on any atom is -0.463 e. The molecule has 16 nitrogen and oxygen atoms in total. The molecule has 0 spiro atoms. The lowest BCUT2D eigenvalue weighted by atomic mass is 10.1. The minimum atomic E-state index is -2.43. The van der Waals surface area contributed by atoms with Crippen LogP contribution in [0.5, 0.6) is 0 Å². The second kappa shape index (κ2) is 16.7. The number of halogens is 1. The van der Waals surface area contributed by atoms with Gasteiger partial charge in [0.1, 0.15) is 25.4 Å². The van der Waals surface area contributed by atoms with E-state index in [9.17, 15) is 19.2 Å². The van der Waals surface area contributed by atoms with Crippen LogP contribution in [0.3, 0.4) is 0 Å². The van der Waals surface area contributed by atoms with Crippen molar-refractivity contribution in [2.75, 3.05) is 36.2 Å². The van der Waals surface area contributed by atoms with Gasteiger partial charge in [0.15, 0.2) is 25.7 Å². The third-order valence-corrected chi connectivity index (χ3v) is 13.0. The number of nitrogens with zero attached hydrogens (tertiary/aromatic N) is 3. The number of H-pyrrole nitrogens is 1. The first-order valence-corrected chi connectivity index (χ1v) is 19.7. The molecule has 1 aliphatic heterocycles. The molecular weight excluding hydrogens is 749 g/mol. The average Bonchev–Trinajstić information content (AvgIpc) is 3.53. The molecule has 0 aromatic carbocycles. The second-order valence-corrected chi connectivity index (χ2v) is 18.4. The molecule has 264 valence electrons. The van der Waals surface area contributed by atoms with Crippen molar-refractivity contribution in [1.29, 1.82) is 0 Å². The van der Waals surface area contributed by atoms with Gasteiger partial charge in [0.25, 0.3) is 12.0 Å². The first-order valence-electron chi connectivity index (χ1n) is 15.3. The van der Waals surface area contributed by atoms with Crippen LogP contribution in [-0.2, 0) is 47.2 Å². The third kappa shape index (κ3) is 10.5. The van der Waals surface area contributed by atoms with Crippen molar-refractivity contribution in [1.82, 2.24) is 19.5 Å². The lowest BCUT2D eigenvalue weighted by Gasteiger charge is -2.40. The Kier molecular flexibility index (Phi) is 13.9. The average molecular weight is 796 g/mol. The van der Waals surface area contributed by atoms with E-state index in [1.807, 2.05) is 0 Å². The van der Waals surface area contributed by atoms with Crippen LogP contribution < -0.4 is 10.9 Å². The van der Waals surface area contributed by atoms with E-state index >= 15 is 0 Å². The molecule has 1 fully saturated rings. The van der Waals surface area contributed by atoms with Gasteiger partial charge >= 0.3 is 11.9 Å². The van der Waals surface area contributed by atoms with Gasteiger partial charge in [-0.15, -0.1) is 0 Å². The highest BCUT2D eigenvalue weighted by Crippen LogP contribution is 2.43. The number of amides is 1. The first-order chi connectivity index (χ1) is 21.9. The summed E-state index contributed by atoms with van der Waals surface area (Å²) in [6.45, 7) is 15.0. The maximum Gasteiger partial charge on any atom is 0.302 e. The van der Waals surface area contributed by atoms with Gasteiger partial charge in [-0.25, -0.2) is 4.98 Å². The lowest BCUT2D eigenvalue weighted by Crippen LogP contribution is -2.51. The highest BCUT2D eigenvalue weighted by atomic mass is 127. The molecule has 47 heavy (non-hydrogen) atoms. The number of imidazole rings is 1. The van der Waals surface area contributed by atoms with Crippen molar-refractivity contribution in [3.05, 3.63) is 16.7 Å². The molecule has 2 aromatic rings. The summed E-state index contributed by atoms with van der Waals surface area (Å²) in [5.74, 6) is -1.68. The van der Waals surface area contributed by atoms with Crippen molar-refractivity contribution in [2.24, 2.45) is 5.92 Å². The smallest absolute Gasteiger partial charge is 0.302 e. The number of hydrogen-bond donors (Lipinski definition) is 2. The van der Waals surface area contributed by atoms with Gasteiger partial charge in [-0.3, -0.25) is 34.0 Å². The van der Waals surface area contributed by atoms with Gasteiger partial charge < -0.3 is 32.8 Å². The normalized spacial score (nSPS) is 20.3. The summed E-state index contributed by atoms with van der Waals surface area (Å²) in [7, 11) is -2.43. The number of hydrogen-bond acceptors (Lipinski definition) is 13. The number of carbonyl (C=O) groups is 3. The predicted molar refractivity (Wildman–Crippen MR) is 180 cm³/mol. The van der Waals surface area contributed by atoms with Gasteiger partial charge in [0.2, 0.25) is 11.9 Å². The third-order valence-electron chi connectivity index (χ3n) is 7.70. The molecule has 0 bridgehead atoms. The quantitative estimate of drug-likeness (QED) is 0.0629. The van der Waals surface area contributed by atoms with Gasteiger partial charge in [0, 0.05) is 24.2 Å². The molecule has 2 aromatic heterocycles. The molecule has 1 amide bonds. The van der Waals surface area contributed by atoms with Gasteiger partial charge in [-0.05, 0) is 18.1 Å². The van der Waals surface area contributed by atoms with Crippen LogP contribution in [0, 0.1) is 5.92 Å². The number of esters is 2. The standard InChI is InChI=1S/C29H46IN5O11Si/c1-16(2)24(38)33-27-32-23-20(25(39)34-27)31-15-35(23)26-22(21(19(14-30)44-26)46-47(8,9)29(5,6)7)45-28(42-12-10-40-17(3)36)43-13-11-41-18(4)37/h15-16,19,21-22,26,28H,10-14H2,1-9H3,(H2,32,33,34,38,39)/t19-,21?,22+,26-/m1/s1. The van der Waals surface area contributed by atoms with Crippen LogP contribution in [0.15, 0.2) is 11.1 Å². The van der Waals surface area contributed by atoms with Crippen LogP contribution in [0.25, 0.3) is 11.2 Å². The zero-order valence-corrected chi connectivity index (χ0v) is 31.4. The zero-order chi connectivity index (χ0) is 35.1. The van der Waals surface area contributed by atoms with Crippen LogP contribution in [-0.4, -0.2) is 101 Å². The van der Waals surface area contributed by atoms with E-state index in [0.717, 1.165) is 0 Å². The maximum atomic E-state index is 13.0. The number of aromatic amines is 1. The van der Waals surface area contributed by atoms with Crippen LogP contribution in [0.4, 0.5) is 5.95 Å². The monoisotopic (exact) mass is 795 g/mol. The minimum absolute atomic E-state index is 0.0292. The fourth-order valence-corrected chi connectivity index (χ4v) is 6.24. The Balaban J connectivity index is 2.06. The number of nitrogens with one attached hydrogen (secondary N) is 2. The molecule has 2 N–H and O–H groups in total. The summed E-state index contributed by atoms with van der Waals surface area (Å²) in [6.07, 6.45) is -1.52. The van der Waals surface area contributed by atoms with Crippen molar-refractivity contribution in [2.45, 2.75) is 97.6 Å². The van der Waals surface area contributed by atoms with E-state index in [1.165, 1.54) is 20.2 Å². The number of ether oxygens (including phenoxy) is 6. The number of carbonyl (C=O) groups excluding carboxylic acids is 3. The van der Waals surface area contributed by atoms with E-state index in [0.29, 0.717) is 4.43 Å². The Hall–Kier alpha value is -2.49. The van der Waals surface area contributed by atoms with Crippen molar-refractivity contribution in [3.63, 3.8) is 0 Å². The Morgan fingerprint density at radius 2 is 1.66 bits per heavy atom. The Bertz CT molecular complexity index is 1420. The van der Waals surface area contributed by atoms with E-state index in [2.05, 4.69) is 76.7 Å². The summed E-state index contributed by atoms with van der Waals surface area (Å²) >= 11 is 2.22. The van der Waals surface area contributed by atoms with Crippen LogP contribution >= 0.6 is 22.6 Å². The summed E-state index contributed by atoms with van der Waals surface area (Å²) in [5.41, 5.74) is -0.375. The molecule has 0 saturated carbocycles. The number of fused-ring (bicyclic) bond motifs is 1. The van der Waals surface area contributed by atoms with E-state index in [-0.39, 0.29) is 60.4 Å². The molecule has 18 heteroatoms. The Morgan fingerprint density at radius 3 is 2.17 bits per heavy atom. The van der Waals surface area contributed by atoms with Gasteiger partial charge in [0.05, 0.1) is 25.6 Å². The molecule has 1 aliphatic rings. The highest BCUT2D eigenvalue weighted by Gasteiger charge is 2.52. The Morgan fingerprint density at radius 1 is 1.06 bits per heavy atom. The first kappa shape index (κ1) is 39.0. The fourth-order valence-electron chi connectivity index (χ4n) is 4.21. The van der Waals surface area contributed by atoms with Crippen molar-refractivity contribution in [3.8, 4) is 0 Å². The van der Waals surface area contributed by atoms with Crippen LogP contribution in [0.1, 0.15) is 54.7 Å². The van der Waals surface area contributed by atoms with E-state index < -0.39 is 56.8 Å². The molecule has 0 radical (unpaired) electrons. The summed E-state index contributed by atoms with van der Waals surface area (Å²) < 4.78 is 43.7. The Labute approximate surface area is 288 Å². The van der Waals surface area contributed by atoms with E-state index in [4.69, 9.17) is 32.8 Å². The zero-order valence-electron chi connectivity index (χ0n) is 28.3. The molecule has 1 saturated heterocycles. The highest BCUT2D eigenvalue weighted by molar-refractivity contribution is 14.1. The topological polar surface area (TPSA) is 191 Å². The second-order valence-electron chi connectivity index (χ2n) is 12.8. The van der Waals surface area contributed by atoms with Gasteiger partial charge in [-0.2, -0.15) is 4.98 Å². The molecular formula is C29H46IN5O11Si. The fraction of sp³-hybridized carbons (Fsp3) is 0.724. The number of alkyl halides is 1. The SMILES string of the molecule is CC(=O)OCCOC(OCCOC(C)=O)O[C@H]1C(O[Si](C)(C)C(C)(C)C)[C@@H](CI)O[C@H]1n1cnc2c(=O)[nH]c(NC(=O)C(C)C)nc21. The predicted octanol–water partition coefficient (Wildman–Crippen LogP) is 3.27. The molecule has 1 unspecified atom stereocenters. The molecule has 0 aliphatic carbocycles. The molecule has 3 heterocycles. The van der Waals surface area contributed by atoms with E-state index in [1.54, 1.807) is 18.4 Å². The molecule has 3 rings (SSSR count). The van der Waals surface area contributed by atoms with Gasteiger partial charge in [-0.1, -0.05) is 57.2 Å². The lowest BCUT2D eigenvalue weighted by molar-refractivity contribution is -0.320. The summed E-state index contributed by atoms with van der Waals surface area (Å²) in [6, 6.07) is 0.